The zero-order valence-electron chi connectivity index (χ0n) is 11.9. The van der Waals surface area contributed by atoms with Crippen LogP contribution in [0.15, 0.2) is 24.3 Å². The number of hydrogen-bond donors (Lipinski definition) is 1. The minimum Gasteiger partial charge on any atom is -0.326 e. The van der Waals surface area contributed by atoms with E-state index in [1.807, 2.05) is 0 Å². The van der Waals surface area contributed by atoms with E-state index in [2.05, 4.69) is 5.32 Å². The summed E-state index contributed by atoms with van der Waals surface area (Å²) in [4.78, 5) is 23.3. The molecule has 0 aromatic heterocycles. The highest BCUT2D eigenvalue weighted by molar-refractivity contribution is 5.95. The SMILES string of the molecule is CC(=O)c1ccc(NC(=O)CC2CC3CCC2C3)cc1. The summed E-state index contributed by atoms with van der Waals surface area (Å²) in [5.41, 5.74) is 1.46. The Hall–Kier alpha value is -1.64. The van der Waals surface area contributed by atoms with Gasteiger partial charge in [-0.3, -0.25) is 9.59 Å². The quantitative estimate of drug-likeness (QED) is 0.850. The predicted octanol–water partition coefficient (Wildman–Crippen LogP) is 3.65. The molecule has 106 valence electrons. The van der Waals surface area contributed by atoms with E-state index >= 15 is 0 Å². The van der Waals surface area contributed by atoms with Gasteiger partial charge in [-0.1, -0.05) is 6.42 Å². The monoisotopic (exact) mass is 271 g/mol. The predicted molar refractivity (Wildman–Crippen MR) is 78.6 cm³/mol. The van der Waals surface area contributed by atoms with Crippen molar-refractivity contribution < 1.29 is 9.59 Å². The number of benzene rings is 1. The van der Waals surface area contributed by atoms with Crippen LogP contribution in [0.2, 0.25) is 0 Å². The fourth-order valence-corrected chi connectivity index (χ4v) is 3.86. The Kier molecular flexibility index (Phi) is 3.60. The summed E-state index contributed by atoms with van der Waals surface area (Å²) in [6, 6.07) is 7.12. The third-order valence-electron chi connectivity index (χ3n) is 4.91. The number of hydrogen-bond acceptors (Lipinski definition) is 2. The molecule has 0 aliphatic heterocycles. The molecule has 1 aromatic carbocycles. The highest BCUT2D eigenvalue weighted by Crippen LogP contribution is 2.49. The van der Waals surface area contributed by atoms with E-state index in [-0.39, 0.29) is 11.7 Å². The summed E-state index contributed by atoms with van der Waals surface area (Å²) >= 11 is 0. The maximum Gasteiger partial charge on any atom is 0.224 e. The fourth-order valence-electron chi connectivity index (χ4n) is 3.86. The third kappa shape index (κ3) is 2.77. The average molecular weight is 271 g/mol. The molecule has 2 fully saturated rings. The first-order chi connectivity index (χ1) is 9.61. The van der Waals surface area contributed by atoms with E-state index in [9.17, 15) is 9.59 Å². The average Bonchev–Trinajstić information content (AvgIpc) is 3.01. The van der Waals surface area contributed by atoms with Crippen LogP contribution in [0.3, 0.4) is 0 Å². The summed E-state index contributed by atoms with van der Waals surface area (Å²) < 4.78 is 0. The van der Waals surface area contributed by atoms with Gasteiger partial charge in [0.15, 0.2) is 5.78 Å². The zero-order valence-corrected chi connectivity index (χ0v) is 11.9. The summed E-state index contributed by atoms with van der Waals surface area (Å²) in [6.07, 6.45) is 5.91. The van der Waals surface area contributed by atoms with Crippen molar-refractivity contribution in [2.45, 2.75) is 39.0 Å². The van der Waals surface area contributed by atoms with E-state index < -0.39 is 0 Å². The highest BCUT2D eigenvalue weighted by atomic mass is 16.1. The number of fused-ring (bicyclic) bond motifs is 2. The Labute approximate surface area is 119 Å². The Balaban J connectivity index is 1.55. The number of amides is 1. The molecular formula is C17H21NO2. The molecule has 2 saturated carbocycles. The molecule has 3 nitrogen and oxygen atoms in total. The van der Waals surface area contributed by atoms with E-state index in [0.29, 0.717) is 17.9 Å². The number of rotatable bonds is 4. The van der Waals surface area contributed by atoms with Gasteiger partial charge >= 0.3 is 0 Å². The first-order valence-corrected chi connectivity index (χ1v) is 7.52. The molecule has 1 aromatic rings. The smallest absolute Gasteiger partial charge is 0.224 e. The van der Waals surface area contributed by atoms with Gasteiger partial charge in [0.1, 0.15) is 0 Å². The van der Waals surface area contributed by atoms with Gasteiger partial charge in [-0.2, -0.15) is 0 Å². The van der Waals surface area contributed by atoms with Crippen molar-refractivity contribution in [3.05, 3.63) is 29.8 Å². The van der Waals surface area contributed by atoms with Crippen LogP contribution in [-0.4, -0.2) is 11.7 Å². The van der Waals surface area contributed by atoms with Gasteiger partial charge in [0.2, 0.25) is 5.91 Å². The molecule has 0 spiro atoms. The van der Waals surface area contributed by atoms with Crippen LogP contribution in [0.1, 0.15) is 49.4 Å². The van der Waals surface area contributed by atoms with Crippen LogP contribution in [0.5, 0.6) is 0 Å². The largest absolute Gasteiger partial charge is 0.326 e. The van der Waals surface area contributed by atoms with Gasteiger partial charge in [0.05, 0.1) is 0 Å². The number of Topliss-reactive ketones (excluding diaryl/α,β-unsaturated/α-hetero) is 1. The van der Waals surface area contributed by atoms with Crippen LogP contribution in [0, 0.1) is 17.8 Å². The lowest BCUT2D eigenvalue weighted by Gasteiger charge is -2.20. The van der Waals surface area contributed by atoms with Gasteiger partial charge in [0, 0.05) is 17.7 Å². The number of nitrogens with one attached hydrogen (secondary N) is 1. The van der Waals surface area contributed by atoms with Crippen LogP contribution >= 0.6 is 0 Å². The lowest BCUT2D eigenvalue weighted by molar-refractivity contribution is -0.117. The van der Waals surface area contributed by atoms with Crippen LogP contribution in [0.25, 0.3) is 0 Å². The lowest BCUT2D eigenvalue weighted by atomic mass is 9.86. The van der Waals surface area contributed by atoms with Crippen molar-refractivity contribution in [1.29, 1.82) is 0 Å². The van der Waals surface area contributed by atoms with Gasteiger partial charge in [0.25, 0.3) is 0 Å². The molecule has 0 saturated heterocycles. The van der Waals surface area contributed by atoms with Gasteiger partial charge < -0.3 is 5.32 Å². The number of carbonyl (C=O) groups is 2. The molecule has 1 N–H and O–H groups in total. The second-order valence-corrected chi connectivity index (χ2v) is 6.32. The Morgan fingerprint density at radius 1 is 1.15 bits per heavy atom. The van der Waals surface area contributed by atoms with Crippen molar-refractivity contribution in [1.82, 2.24) is 0 Å². The van der Waals surface area contributed by atoms with Gasteiger partial charge in [-0.05, 0) is 68.2 Å². The lowest BCUT2D eigenvalue weighted by Crippen LogP contribution is -2.20. The minimum atomic E-state index is 0.0462. The maximum absolute atomic E-state index is 12.1. The van der Waals surface area contributed by atoms with E-state index in [1.54, 1.807) is 31.2 Å². The van der Waals surface area contributed by atoms with Crippen molar-refractivity contribution in [2.24, 2.45) is 17.8 Å². The van der Waals surface area contributed by atoms with Crippen molar-refractivity contribution >= 4 is 17.4 Å². The number of anilines is 1. The molecule has 3 rings (SSSR count). The Bertz CT molecular complexity index is 520. The second-order valence-electron chi connectivity index (χ2n) is 6.32. The zero-order chi connectivity index (χ0) is 14.1. The molecule has 1 amide bonds. The van der Waals surface area contributed by atoms with Crippen LogP contribution in [0.4, 0.5) is 5.69 Å². The molecule has 2 bridgehead atoms. The summed E-state index contributed by atoms with van der Waals surface area (Å²) in [7, 11) is 0. The van der Waals surface area contributed by atoms with Crippen LogP contribution < -0.4 is 5.32 Å². The van der Waals surface area contributed by atoms with E-state index in [0.717, 1.165) is 17.5 Å². The highest BCUT2D eigenvalue weighted by Gasteiger charge is 2.40. The Morgan fingerprint density at radius 2 is 1.90 bits per heavy atom. The minimum absolute atomic E-state index is 0.0462. The molecule has 3 unspecified atom stereocenters. The Morgan fingerprint density at radius 3 is 2.45 bits per heavy atom. The number of ketones is 1. The van der Waals surface area contributed by atoms with Crippen molar-refractivity contribution in [3.63, 3.8) is 0 Å². The summed E-state index contributed by atoms with van der Waals surface area (Å²) in [5, 5.41) is 2.94. The van der Waals surface area contributed by atoms with Gasteiger partial charge in [-0.25, -0.2) is 0 Å². The number of carbonyl (C=O) groups excluding carboxylic acids is 2. The molecular weight excluding hydrogens is 250 g/mol. The van der Waals surface area contributed by atoms with Crippen LogP contribution in [-0.2, 0) is 4.79 Å². The first kappa shape index (κ1) is 13.3. The standard InChI is InChI=1S/C17H21NO2/c1-11(19)13-4-6-16(7-5-13)18-17(20)10-15-9-12-2-3-14(15)8-12/h4-7,12,14-15H,2-3,8-10H2,1H3,(H,18,20). The first-order valence-electron chi connectivity index (χ1n) is 7.52. The summed E-state index contributed by atoms with van der Waals surface area (Å²) in [6.45, 7) is 1.54. The molecule has 0 heterocycles. The normalized spacial score (nSPS) is 27.6. The van der Waals surface area contributed by atoms with E-state index in [4.69, 9.17) is 0 Å². The van der Waals surface area contributed by atoms with Crippen molar-refractivity contribution in [2.75, 3.05) is 5.32 Å². The maximum atomic E-state index is 12.1. The fraction of sp³-hybridized carbons (Fsp3) is 0.529. The van der Waals surface area contributed by atoms with E-state index in [1.165, 1.54) is 25.7 Å². The van der Waals surface area contributed by atoms with Crippen molar-refractivity contribution in [3.8, 4) is 0 Å². The molecule has 20 heavy (non-hydrogen) atoms. The molecule has 2 aliphatic rings. The molecule has 3 heteroatoms. The molecule has 2 aliphatic carbocycles. The molecule has 3 atom stereocenters. The third-order valence-corrected chi connectivity index (χ3v) is 4.91. The topological polar surface area (TPSA) is 46.2 Å². The summed E-state index contributed by atoms with van der Waals surface area (Å²) in [5.74, 6) is 2.41. The molecule has 0 radical (unpaired) electrons. The second kappa shape index (κ2) is 5.39. The van der Waals surface area contributed by atoms with Gasteiger partial charge in [-0.15, -0.1) is 0 Å².